The van der Waals surface area contributed by atoms with E-state index in [1.165, 1.54) is 0 Å². The Labute approximate surface area is 107 Å². The Hall–Kier alpha value is -0.690. The molecule has 0 saturated heterocycles. The summed E-state index contributed by atoms with van der Waals surface area (Å²) in [6.07, 6.45) is 3.73. The van der Waals surface area contributed by atoms with Crippen LogP contribution in [-0.4, -0.2) is 37.0 Å². The van der Waals surface area contributed by atoms with Crippen LogP contribution in [-0.2, 0) is 19.4 Å². The van der Waals surface area contributed by atoms with Gasteiger partial charge >= 0.3 is 5.97 Å². The second-order valence-corrected chi connectivity index (χ2v) is 6.91. The molecule has 0 radical (unpaired) electrons. The molecule has 7 heteroatoms. The molecule has 0 aliphatic heterocycles. The topological polar surface area (TPSA) is 86.5 Å². The fraction of sp³-hybridized carbons (Fsp3) is 0.800. The van der Waals surface area contributed by atoms with E-state index in [0.717, 1.165) is 25.7 Å². The van der Waals surface area contributed by atoms with E-state index in [0.29, 0.717) is 0 Å². The predicted molar refractivity (Wildman–Crippen MR) is 68.4 cm³/mol. The van der Waals surface area contributed by atoms with Crippen molar-refractivity contribution in [1.29, 1.82) is 0 Å². The van der Waals surface area contributed by atoms with Crippen molar-refractivity contribution in [3.8, 4) is 0 Å². The van der Waals surface area contributed by atoms with Crippen molar-refractivity contribution in [2.45, 2.75) is 38.2 Å². The fourth-order valence-electron chi connectivity index (χ4n) is 1.73. The summed E-state index contributed by atoms with van der Waals surface area (Å²) in [4.78, 5) is 11.5. The first kappa shape index (κ1) is 14.4. The minimum Gasteiger partial charge on any atom is -0.462 e. The van der Waals surface area contributed by atoms with Gasteiger partial charge < -0.3 is 10.5 Å². The van der Waals surface area contributed by atoms with Crippen LogP contribution >= 0.6 is 12.2 Å². The summed E-state index contributed by atoms with van der Waals surface area (Å²) in [5, 5.41) is 0. The molecule has 5 nitrogen and oxygen atoms in total. The maximum atomic E-state index is 11.5. The number of hydrogen-bond donors (Lipinski definition) is 1. The van der Waals surface area contributed by atoms with Gasteiger partial charge in [0, 0.05) is 6.42 Å². The van der Waals surface area contributed by atoms with Crippen LogP contribution in [0.5, 0.6) is 0 Å². The van der Waals surface area contributed by atoms with Gasteiger partial charge in [0.2, 0.25) is 0 Å². The summed E-state index contributed by atoms with van der Waals surface area (Å²) in [6, 6.07) is 0. The summed E-state index contributed by atoms with van der Waals surface area (Å²) in [7, 11) is -3.46. The normalized spacial score (nSPS) is 16.9. The van der Waals surface area contributed by atoms with Gasteiger partial charge in [0.25, 0.3) is 0 Å². The lowest BCUT2D eigenvalue weighted by atomic mass is 10.3. The number of esters is 1. The smallest absolute Gasteiger partial charge is 0.321 e. The molecule has 0 unspecified atom stereocenters. The molecule has 1 aliphatic rings. The molecule has 0 aromatic carbocycles. The molecule has 1 aliphatic carbocycles. The Morgan fingerprint density at radius 3 is 2.47 bits per heavy atom. The Morgan fingerprint density at radius 2 is 1.94 bits per heavy atom. The maximum absolute atomic E-state index is 11.5. The molecule has 1 saturated carbocycles. The van der Waals surface area contributed by atoms with Crippen LogP contribution in [0.15, 0.2) is 0 Å². The summed E-state index contributed by atoms with van der Waals surface area (Å²) in [5.74, 6) is -1.44. The predicted octanol–water partition coefficient (Wildman–Crippen LogP) is 0.563. The van der Waals surface area contributed by atoms with Crippen LogP contribution in [0.2, 0.25) is 0 Å². The van der Waals surface area contributed by atoms with Gasteiger partial charge in [-0.25, -0.2) is 8.42 Å². The number of carbonyl (C=O) groups excluding carboxylic acids is 1. The van der Waals surface area contributed by atoms with E-state index in [-0.39, 0.29) is 23.3 Å². The standard InChI is InChI=1S/C10H17NO4S2/c11-9(16)5-6-17(13,14)7-10(12)15-8-3-1-2-4-8/h8H,1-7H2,(H2,11,16). The molecule has 0 heterocycles. The monoisotopic (exact) mass is 279 g/mol. The number of hydrogen-bond acceptors (Lipinski definition) is 5. The lowest BCUT2D eigenvalue weighted by Gasteiger charge is -2.11. The lowest BCUT2D eigenvalue weighted by molar-refractivity contribution is -0.145. The van der Waals surface area contributed by atoms with Gasteiger partial charge in [-0.1, -0.05) is 12.2 Å². The molecular weight excluding hydrogens is 262 g/mol. The molecule has 1 rings (SSSR count). The third-order valence-electron chi connectivity index (χ3n) is 2.60. The van der Waals surface area contributed by atoms with Gasteiger partial charge in [-0.15, -0.1) is 0 Å². The van der Waals surface area contributed by atoms with E-state index in [1.807, 2.05) is 0 Å². The Kier molecular flexibility index (Phi) is 5.32. The largest absolute Gasteiger partial charge is 0.462 e. The van der Waals surface area contributed by atoms with Gasteiger partial charge in [-0.2, -0.15) is 0 Å². The summed E-state index contributed by atoms with van der Waals surface area (Å²) < 4.78 is 28.1. The van der Waals surface area contributed by atoms with Crippen LogP contribution in [0, 0.1) is 0 Å². The maximum Gasteiger partial charge on any atom is 0.321 e. The number of thiocarbonyl (C=S) groups is 1. The molecule has 1 fully saturated rings. The average Bonchev–Trinajstić information content (AvgIpc) is 2.66. The van der Waals surface area contributed by atoms with Crippen molar-refractivity contribution < 1.29 is 17.9 Å². The minimum absolute atomic E-state index is 0.103. The van der Waals surface area contributed by atoms with Gasteiger partial charge in [-0.3, -0.25) is 4.79 Å². The zero-order valence-electron chi connectivity index (χ0n) is 9.55. The highest BCUT2D eigenvalue weighted by molar-refractivity contribution is 7.92. The molecule has 0 bridgehead atoms. The Balaban J connectivity index is 2.35. The van der Waals surface area contributed by atoms with Gasteiger partial charge in [0.15, 0.2) is 9.84 Å². The van der Waals surface area contributed by atoms with E-state index < -0.39 is 21.6 Å². The van der Waals surface area contributed by atoms with Gasteiger partial charge in [-0.05, 0) is 25.7 Å². The van der Waals surface area contributed by atoms with Crippen molar-refractivity contribution in [3.05, 3.63) is 0 Å². The molecule has 0 spiro atoms. The average molecular weight is 279 g/mol. The fourth-order valence-corrected chi connectivity index (χ4v) is 3.07. The summed E-state index contributed by atoms with van der Waals surface area (Å²) in [6.45, 7) is 0. The first-order valence-electron chi connectivity index (χ1n) is 5.57. The van der Waals surface area contributed by atoms with Gasteiger partial charge in [0.05, 0.1) is 10.7 Å². The number of rotatable bonds is 6. The third kappa shape index (κ3) is 5.97. The van der Waals surface area contributed by atoms with E-state index in [9.17, 15) is 13.2 Å². The van der Waals surface area contributed by atoms with Crippen molar-refractivity contribution in [2.24, 2.45) is 5.73 Å². The van der Waals surface area contributed by atoms with Crippen LogP contribution in [0.25, 0.3) is 0 Å². The molecule has 17 heavy (non-hydrogen) atoms. The summed E-state index contributed by atoms with van der Waals surface area (Å²) in [5.41, 5.74) is 5.21. The van der Waals surface area contributed by atoms with Crippen LogP contribution in [0.1, 0.15) is 32.1 Å². The van der Waals surface area contributed by atoms with E-state index >= 15 is 0 Å². The molecule has 0 atom stereocenters. The second kappa shape index (κ2) is 6.30. The molecule has 2 N–H and O–H groups in total. The van der Waals surface area contributed by atoms with E-state index in [2.05, 4.69) is 12.2 Å². The molecule has 0 aromatic rings. The second-order valence-electron chi connectivity index (χ2n) is 4.20. The zero-order valence-corrected chi connectivity index (χ0v) is 11.2. The Bertz CT molecular complexity index is 385. The quantitative estimate of drug-likeness (QED) is 0.565. The number of carbonyl (C=O) groups is 1. The molecule has 0 amide bonds. The number of sulfone groups is 1. The van der Waals surface area contributed by atoms with Gasteiger partial charge in [0.1, 0.15) is 11.9 Å². The van der Waals surface area contributed by atoms with E-state index in [1.54, 1.807) is 0 Å². The first-order chi connectivity index (χ1) is 7.89. The van der Waals surface area contributed by atoms with Crippen molar-refractivity contribution in [2.75, 3.05) is 11.5 Å². The molecule has 0 aromatic heterocycles. The highest BCUT2D eigenvalue weighted by Crippen LogP contribution is 2.21. The number of nitrogens with two attached hydrogens (primary N) is 1. The lowest BCUT2D eigenvalue weighted by Crippen LogP contribution is -2.26. The highest BCUT2D eigenvalue weighted by Gasteiger charge is 2.23. The molecule has 98 valence electrons. The SMILES string of the molecule is NC(=S)CCS(=O)(=O)CC(=O)OC1CCCC1. The molecular formula is C10H17NO4S2. The number of ether oxygens (including phenoxy) is 1. The highest BCUT2D eigenvalue weighted by atomic mass is 32.2. The van der Waals surface area contributed by atoms with Crippen molar-refractivity contribution in [3.63, 3.8) is 0 Å². The van der Waals surface area contributed by atoms with Crippen molar-refractivity contribution >= 4 is 33.0 Å². The van der Waals surface area contributed by atoms with Crippen molar-refractivity contribution in [1.82, 2.24) is 0 Å². The summed E-state index contributed by atoms with van der Waals surface area (Å²) >= 11 is 4.59. The van der Waals surface area contributed by atoms with E-state index in [4.69, 9.17) is 10.5 Å². The Morgan fingerprint density at radius 1 is 1.35 bits per heavy atom. The zero-order chi connectivity index (χ0) is 12.9. The van der Waals surface area contributed by atoms with Crippen LogP contribution in [0.4, 0.5) is 0 Å². The first-order valence-corrected chi connectivity index (χ1v) is 7.80. The third-order valence-corrected chi connectivity index (χ3v) is 4.30. The van der Waals surface area contributed by atoms with Crippen LogP contribution < -0.4 is 5.73 Å². The van der Waals surface area contributed by atoms with Crippen LogP contribution in [0.3, 0.4) is 0 Å². The minimum atomic E-state index is -3.46.